The second-order valence-corrected chi connectivity index (χ2v) is 3.96. The summed E-state index contributed by atoms with van der Waals surface area (Å²) >= 11 is 0. The third kappa shape index (κ3) is 2.79. The minimum Gasteiger partial charge on any atom is -0.390 e. The molecule has 1 unspecified atom stereocenters. The first kappa shape index (κ1) is 11.1. The van der Waals surface area contributed by atoms with Crippen LogP contribution in [0.3, 0.4) is 0 Å². The van der Waals surface area contributed by atoms with Crippen molar-refractivity contribution < 1.29 is 14.6 Å². The number of hydrogen-bond donors (Lipinski definition) is 2. The molecule has 0 aromatic heterocycles. The van der Waals surface area contributed by atoms with E-state index in [1.165, 1.54) is 19.9 Å². The number of aliphatic hydroxyl groups excluding tert-OH is 1. The number of halogens is 1. The monoisotopic (exact) mass is 198 g/mol. The largest absolute Gasteiger partial charge is 0.390 e. The molecule has 0 aliphatic carbocycles. The van der Waals surface area contributed by atoms with Crippen LogP contribution in [-0.4, -0.2) is 21.9 Å². The van der Waals surface area contributed by atoms with Crippen molar-refractivity contribution in [3.05, 3.63) is 35.6 Å². The summed E-state index contributed by atoms with van der Waals surface area (Å²) in [5.74, 6) is -0.351. The Morgan fingerprint density at radius 2 is 1.93 bits per heavy atom. The SMILES string of the molecule is CC(C)(O)C(O)Cc1ccccc1F. The molecule has 1 atom stereocenters. The zero-order chi connectivity index (χ0) is 10.8. The fraction of sp³-hybridized carbons (Fsp3) is 0.455. The van der Waals surface area contributed by atoms with Crippen LogP contribution in [0.1, 0.15) is 19.4 Å². The Morgan fingerprint density at radius 1 is 1.36 bits per heavy atom. The molecule has 3 heteroatoms. The first-order chi connectivity index (χ1) is 6.41. The lowest BCUT2D eigenvalue weighted by atomic mass is 9.95. The Hall–Kier alpha value is -0.930. The van der Waals surface area contributed by atoms with Gasteiger partial charge in [0.2, 0.25) is 0 Å². The fourth-order valence-electron chi connectivity index (χ4n) is 1.12. The predicted octanol–water partition coefficient (Wildman–Crippen LogP) is 1.50. The van der Waals surface area contributed by atoms with Gasteiger partial charge in [0.1, 0.15) is 5.82 Å². The highest BCUT2D eigenvalue weighted by atomic mass is 19.1. The van der Waals surface area contributed by atoms with Crippen molar-refractivity contribution in [3.63, 3.8) is 0 Å². The van der Waals surface area contributed by atoms with E-state index in [1.54, 1.807) is 18.2 Å². The van der Waals surface area contributed by atoms with Gasteiger partial charge in [0, 0.05) is 6.42 Å². The van der Waals surface area contributed by atoms with Crippen molar-refractivity contribution in [2.75, 3.05) is 0 Å². The number of hydrogen-bond acceptors (Lipinski definition) is 2. The van der Waals surface area contributed by atoms with Gasteiger partial charge >= 0.3 is 0 Å². The molecule has 0 bridgehead atoms. The van der Waals surface area contributed by atoms with Crippen LogP contribution in [0.4, 0.5) is 4.39 Å². The number of rotatable bonds is 3. The Labute approximate surface area is 83.0 Å². The van der Waals surface area contributed by atoms with Crippen LogP contribution in [0, 0.1) is 5.82 Å². The van der Waals surface area contributed by atoms with Gasteiger partial charge in [-0.3, -0.25) is 0 Å². The Balaban J connectivity index is 2.75. The van der Waals surface area contributed by atoms with E-state index < -0.39 is 11.7 Å². The molecule has 1 aromatic carbocycles. The van der Waals surface area contributed by atoms with Gasteiger partial charge in [0.25, 0.3) is 0 Å². The lowest BCUT2D eigenvalue weighted by Gasteiger charge is -2.24. The minimum atomic E-state index is -1.21. The van der Waals surface area contributed by atoms with E-state index in [0.717, 1.165) is 0 Å². The van der Waals surface area contributed by atoms with E-state index in [-0.39, 0.29) is 12.2 Å². The molecule has 0 saturated carbocycles. The standard InChI is InChI=1S/C11H15FO2/c1-11(2,14)10(13)7-8-5-3-4-6-9(8)12/h3-6,10,13-14H,7H2,1-2H3. The Bertz CT molecular complexity index is 304. The second-order valence-electron chi connectivity index (χ2n) is 3.96. The van der Waals surface area contributed by atoms with E-state index in [0.29, 0.717) is 5.56 Å². The van der Waals surface area contributed by atoms with Gasteiger partial charge in [-0.25, -0.2) is 4.39 Å². The van der Waals surface area contributed by atoms with Crippen LogP contribution in [0.15, 0.2) is 24.3 Å². The summed E-state index contributed by atoms with van der Waals surface area (Å²) in [5.41, 5.74) is -0.787. The summed E-state index contributed by atoms with van der Waals surface area (Å²) in [6.07, 6.45) is -0.838. The first-order valence-electron chi connectivity index (χ1n) is 4.55. The normalized spacial score (nSPS) is 14.1. The summed E-state index contributed by atoms with van der Waals surface area (Å²) in [7, 11) is 0. The van der Waals surface area contributed by atoms with Crippen molar-refractivity contribution in [1.82, 2.24) is 0 Å². The molecule has 1 aromatic rings. The van der Waals surface area contributed by atoms with Crippen LogP contribution >= 0.6 is 0 Å². The van der Waals surface area contributed by atoms with Gasteiger partial charge in [-0.15, -0.1) is 0 Å². The molecule has 0 radical (unpaired) electrons. The number of aliphatic hydroxyl groups is 2. The average molecular weight is 198 g/mol. The molecule has 0 heterocycles. The minimum absolute atomic E-state index is 0.121. The third-order valence-electron chi connectivity index (χ3n) is 2.19. The zero-order valence-electron chi connectivity index (χ0n) is 8.37. The van der Waals surface area contributed by atoms with E-state index in [2.05, 4.69) is 0 Å². The maximum Gasteiger partial charge on any atom is 0.126 e. The fourth-order valence-corrected chi connectivity index (χ4v) is 1.12. The van der Waals surface area contributed by atoms with Gasteiger partial charge < -0.3 is 10.2 Å². The van der Waals surface area contributed by atoms with Crippen molar-refractivity contribution in [2.45, 2.75) is 32.0 Å². The summed E-state index contributed by atoms with van der Waals surface area (Å²) in [4.78, 5) is 0. The summed E-state index contributed by atoms with van der Waals surface area (Å²) in [6, 6.07) is 6.24. The predicted molar refractivity (Wildman–Crippen MR) is 52.4 cm³/mol. The van der Waals surface area contributed by atoms with Crippen LogP contribution in [0.25, 0.3) is 0 Å². The summed E-state index contributed by atoms with van der Waals surface area (Å²) < 4.78 is 13.1. The summed E-state index contributed by atoms with van der Waals surface area (Å²) in [5, 5.41) is 19.0. The molecule has 0 amide bonds. The molecular weight excluding hydrogens is 183 g/mol. The maximum atomic E-state index is 13.1. The van der Waals surface area contributed by atoms with E-state index >= 15 is 0 Å². The van der Waals surface area contributed by atoms with Crippen molar-refractivity contribution in [3.8, 4) is 0 Å². The molecule has 78 valence electrons. The molecule has 0 saturated heterocycles. The highest BCUT2D eigenvalue weighted by Gasteiger charge is 2.25. The molecule has 0 aliphatic rings. The Morgan fingerprint density at radius 3 is 2.43 bits per heavy atom. The molecule has 1 rings (SSSR count). The molecular formula is C11H15FO2. The van der Waals surface area contributed by atoms with E-state index in [9.17, 15) is 14.6 Å². The van der Waals surface area contributed by atoms with Crippen LogP contribution in [0.5, 0.6) is 0 Å². The van der Waals surface area contributed by atoms with Crippen LogP contribution < -0.4 is 0 Å². The molecule has 0 spiro atoms. The smallest absolute Gasteiger partial charge is 0.126 e. The van der Waals surface area contributed by atoms with Gasteiger partial charge in [0.15, 0.2) is 0 Å². The van der Waals surface area contributed by atoms with E-state index in [1.807, 2.05) is 0 Å². The van der Waals surface area contributed by atoms with Gasteiger partial charge in [-0.1, -0.05) is 18.2 Å². The molecule has 0 fully saturated rings. The highest BCUT2D eigenvalue weighted by Crippen LogP contribution is 2.16. The lowest BCUT2D eigenvalue weighted by Crippen LogP contribution is -2.37. The van der Waals surface area contributed by atoms with Gasteiger partial charge in [-0.05, 0) is 25.5 Å². The van der Waals surface area contributed by atoms with Gasteiger partial charge in [0.05, 0.1) is 11.7 Å². The lowest BCUT2D eigenvalue weighted by molar-refractivity contribution is -0.0472. The molecule has 2 nitrogen and oxygen atoms in total. The zero-order valence-corrected chi connectivity index (χ0v) is 8.37. The maximum absolute atomic E-state index is 13.1. The van der Waals surface area contributed by atoms with Gasteiger partial charge in [-0.2, -0.15) is 0 Å². The molecule has 0 aliphatic heterocycles. The van der Waals surface area contributed by atoms with Crippen LogP contribution in [0.2, 0.25) is 0 Å². The number of benzene rings is 1. The highest BCUT2D eigenvalue weighted by molar-refractivity contribution is 5.18. The average Bonchev–Trinajstić information content (AvgIpc) is 2.07. The quantitative estimate of drug-likeness (QED) is 0.772. The second kappa shape index (κ2) is 4.07. The van der Waals surface area contributed by atoms with Crippen LogP contribution in [-0.2, 0) is 6.42 Å². The topological polar surface area (TPSA) is 40.5 Å². The van der Waals surface area contributed by atoms with Crippen molar-refractivity contribution >= 4 is 0 Å². The third-order valence-corrected chi connectivity index (χ3v) is 2.19. The Kier molecular flexibility index (Phi) is 3.24. The molecule has 2 N–H and O–H groups in total. The molecule has 14 heavy (non-hydrogen) atoms. The van der Waals surface area contributed by atoms with Crippen molar-refractivity contribution in [1.29, 1.82) is 0 Å². The van der Waals surface area contributed by atoms with Crippen molar-refractivity contribution in [2.24, 2.45) is 0 Å². The first-order valence-corrected chi connectivity index (χ1v) is 4.55. The van der Waals surface area contributed by atoms with E-state index in [4.69, 9.17) is 0 Å². The summed E-state index contributed by atoms with van der Waals surface area (Å²) in [6.45, 7) is 3.00.